The summed E-state index contributed by atoms with van der Waals surface area (Å²) in [5.74, 6) is 0. The number of hydrogen-bond acceptors (Lipinski definition) is 0. The van der Waals surface area contributed by atoms with E-state index in [-0.39, 0.29) is 0 Å². The first-order valence-corrected chi connectivity index (χ1v) is 5.49. The first kappa shape index (κ1) is 11.6. The van der Waals surface area contributed by atoms with Gasteiger partial charge in [0.1, 0.15) is 0 Å². The summed E-state index contributed by atoms with van der Waals surface area (Å²) in [6.45, 7) is 8.28. The highest BCUT2D eigenvalue weighted by atomic mass is 14.0. The van der Waals surface area contributed by atoms with E-state index in [0.29, 0.717) is 0 Å². The van der Waals surface area contributed by atoms with Crippen molar-refractivity contribution in [2.75, 3.05) is 0 Å². The van der Waals surface area contributed by atoms with Gasteiger partial charge in [-0.25, -0.2) is 0 Å². The fraction of sp³-hybridized carbons (Fsp3) is 0.267. The van der Waals surface area contributed by atoms with Crippen LogP contribution in [-0.2, 0) is 0 Å². The van der Waals surface area contributed by atoms with Crippen LogP contribution in [0.25, 0.3) is 11.3 Å². The molecule has 0 aromatic heterocycles. The van der Waals surface area contributed by atoms with Crippen LogP contribution in [0.4, 0.5) is 0 Å². The largest absolute Gasteiger partial charge is 0.112 e. The van der Waals surface area contributed by atoms with E-state index in [0.717, 1.165) is 0 Å². The molecule has 0 heteroatoms. The molecule has 1 aromatic carbocycles. The highest BCUT2D eigenvalue weighted by Gasteiger charge is 1.94. The molecule has 0 saturated heterocycles. The molecule has 0 heterocycles. The minimum Gasteiger partial charge on any atom is -0.112 e. The van der Waals surface area contributed by atoms with Crippen molar-refractivity contribution in [3.63, 3.8) is 0 Å². The lowest BCUT2D eigenvalue weighted by Gasteiger charge is -1.97. The molecule has 0 bridgehead atoms. The zero-order chi connectivity index (χ0) is 11.3. The van der Waals surface area contributed by atoms with Crippen molar-refractivity contribution < 1.29 is 0 Å². The monoisotopic (exact) mass is 198 g/mol. The number of allylic oxidation sites excluding steroid dienone is 3. The highest BCUT2D eigenvalue weighted by molar-refractivity contribution is 5.58. The normalized spacial score (nSPS) is 12.1. The van der Waals surface area contributed by atoms with Gasteiger partial charge in [-0.15, -0.1) is 5.73 Å². The summed E-state index contributed by atoms with van der Waals surface area (Å²) < 4.78 is 0. The number of rotatable bonds is 0. The zero-order valence-electron chi connectivity index (χ0n) is 9.96. The molecule has 0 radical (unpaired) electrons. The molecular formula is C15H18. The second-order valence-electron chi connectivity index (χ2n) is 3.35. The van der Waals surface area contributed by atoms with Gasteiger partial charge in [0, 0.05) is 5.22 Å². The Bertz CT molecular complexity index is 509. The minimum atomic E-state index is 1.20. The molecule has 15 heavy (non-hydrogen) atoms. The fourth-order valence-electron chi connectivity index (χ4n) is 1.73. The third-order valence-electron chi connectivity index (χ3n) is 2.35. The molecule has 0 atom stereocenters. The second kappa shape index (κ2) is 5.38. The lowest BCUT2D eigenvalue weighted by Crippen LogP contribution is -2.27. The van der Waals surface area contributed by atoms with Crippen molar-refractivity contribution in [2.24, 2.45) is 0 Å². The van der Waals surface area contributed by atoms with Gasteiger partial charge in [-0.2, -0.15) is 0 Å². The van der Waals surface area contributed by atoms with Crippen LogP contribution >= 0.6 is 0 Å². The lowest BCUT2D eigenvalue weighted by atomic mass is 10.1. The molecule has 1 aliphatic carbocycles. The Morgan fingerprint density at radius 3 is 2.53 bits per heavy atom. The van der Waals surface area contributed by atoms with E-state index in [9.17, 15) is 0 Å². The van der Waals surface area contributed by atoms with Crippen molar-refractivity contribution in [1.29, 1.82) is 0 Å². The first-order chi connectivity index (χ1) is 7.29. The van der Waals surface area contributed by atoms with E-state index in [1.54, 1.807) is 0 Å². The summed E-state index contributed by atoms with van der Waals surface area (Å²) in [4.78, 5) is 0. The van der Waals surface area contributed by atoms with Crippen LogP contribution in [0.3, 0.4) is 0 Å². The summed E-state index contributed by atoms with van der Waals surface area (Å²) in [7, 11) is 0. The summed E-state index contributed by atoms with van der Waals surface area (Å²) in [6.07, 6.45) is 6.13. The first-order valence-electron chi connectivity index (χ1n) is 5.49. The quantitative estimate of drug-likeness (QED) is 0.601. The number of fused-ring (bicyclic) bond motifs is 1. The predicted octanol–water partition coefficient (Wildman–Crippen LogP) is 2.70. The standard InChI is InChI=1S/C13H12.C2H6/c1-10-6-3-4-8-12-9-5-7-11(2)13(10)12;1-2/h3-7,9H,1-2H3;1-2H3. The maximum absolute atomic E-state index is 3.26. The van der Waals surface area contributed by atoms with Gasteiger partial charge >= 0.3 is 0 Å². The molecule has 0 saturated carbocycles. The lowest BCUT2D eigenvalue weighted by molar-refractivity contribution is 1.35. The molecule has 2 rings (SSSR count). The summed E-state index contributed by atoms with van der Waals surface area (Å²) >= 11 is 0. The Labute approximate surface area is 92.0 Å². The van der Waals surface area contributed by atoms with E-state index in [1.807, 2.05) is 26.0 Å². The number of hydrogen-bond donors (Lipinski definition) is 0. The van der Waals surface area contributed by atoms with Gasteiger partial charge in [-0.05, 0) is 42.3 Å². The molecule has 0 unspecified atom stereocenters. The fourth-order valence-corrected chi connectivity index (χ4v) is 1.73. The molecule has 78 valence electrons. The van der Waals surface area contributed by atoms with Gasteiger partial charge in [-0.1, -0.05) is 38.1 Å². The molecule has 1 aromatic rings. The molecule has 0 nitrogen and oxygen atoms in total. The van der Waals surface area contributed by atoms with Crippen LogP contribution in [0.15, 0.2) is 36.4 Å². The van der Waals surface area contributed by atoms with E-state index < -0.39 is 0 Å². The van der Waals surface area contributed by atoms with E-state index in [1.165, 1.54) is 21.6 Å². The maximum Gasteiger partial charge on any atom is 0.0242 e. The second-order valence-corrected chi connectivity index (χ2v) is 3.35. The van der Waals surface area contributed by atoms with Gasteiger partial charge < -0.3 is 0 Å². The maximum atomic E-state index is 3.26. The number of aryl methyl sites for hydroxylation is 1. The van der Waals surface area contributed by atoms with Crippen molar-refractivity contribution in [2.45, 2.75) is 27.7 Å². The Kier molecular flexibility index (Phi) is 4.15. The van der Waals surface area contributed by atoms with Gasteiger partial charge in [-0.3, -0.25) is 0 Å². The summed E-state index contributed by atoms with van der Waals surface area (Å²) in [5, 5.41) is 2.52. The molecule has 0 spiro atoms. The van der Waals surface area contributed by atoms with E-state index >= 15 is 0 Å². The van der Waals surface area contributed by atoms with Gasteiger partial charge in [0.25, 0.3) is 0 Å². The smallest absolute Gasteiger partial charge is 0.0242 e. The van der Waals surface area contributed by atoms with Crippen LogP contribution in [-0.4, -0.2) is 0 Å². The average molecular weight is 198 g/mol. The van der Waals surface area contributed by atoms with Crippen molar-refractivity contribution in [1.82, 2.24) is 0 Å². The summed E-state index contributed by atoms with van der Waals surface area (Å²) in [6, 6.07) is 6.33. The molecular weight excluding hydrogens is 180 g/mol. The predicted molar refractivity (Wildman–Crippen MR) is 68.0 cm³/mol. The Hall–Kier alpha value is -1.52. The van der Waals surface area contributed by atoms with Gasteiger partial charge in [0.15, 0.2) is 0 Å². The van der Waals surface area contributed by atoms with Crippen molar-refractivity contribution >= 4 is 11.3 Å². The molecule has 1 aliphatic rings. The van der Waals surface area contributed by atoms with Gasteiger partial charge in [0.05, 0.1) is 0 Å². The third-order valence-corrected chi connectivity index (χ3v) is 2.35. The number of benzene rings is 1. The molecule has 0 fully saturated rings. The highest BCUT2D eigenvalue weighted by Crippen LogP contribution is 1.96. The van der Waals surface area contributed by atoms with Crippen molar-refractivity contribution in [3.05, 3.63) is 52.4 Å². The zero-order valence-corrected chi connectivity index (χ0v) is 9.96. The Morgan fingerprint density at radius 1 is 1.07 bits per heavy atom. The Balaban J connectivity index is 0.000000531. The van der Waals surface area contributed by atoms with Crippen molar-refractivity contribution in [3.8, 4) is 0 Å². The van der Waals surface area contributed by atoms with Crippen LogP contribution in [0, 0.1) is 6.92 Å². The van der Waals surface area contributed by atoms with E-state index in [4.69, 9.17) is 0 Å². The summed E-state index contributed by atoms with van der Waals surface area (Å²) in [5.41, 5.74) is 5.90. The van der Waals surface area contributed by atoms with Crippen LogP contribution in [0.5, 0.6) is 0 Å². The third kappa shape index (κ3) is 2.49. The average Bonchev–Trinajstić information content (AvgIpc) is 2.45. The SMILES string of the molecule is CC.CC1=c2c(C)cccc2=C=CC=C1. The van der Waals surface area contributed by atoms with Crippen LogP contribution in [0.1, 0.15) is 26.3 Å². The van der Waals surface area contributed by atoms with Gasteiger partial charge in [0.2, 0.25) is 0 Å². The van der Waals surface area contributed by atoms with E-state index in [2.05, 4.69) is 43.9 Å². The minimum absolute atomic E-state index is 1.20. The molecule has 0 N–H and O–H groups in total. The molecule has 0 aliphatic heterocycles. The Morgan fingerprint density at radius 2 is 1.80 bits per heavy atom. The molecule has 0 amide bonds. The van der Waals surface area contributed by atoms with Crippen LogP contribution < -0.4 is 10.4 Å². The topological polar surface area (TPSA) is 0 Å². The van der Waals surface area contributed by atoms with Crippen LogP contribution in [0.2, 0.25) is 0 Å².